The molecule has 11 heteroatoms. The summed E-state index contributed by atoms with van der Waals surface area (Å²) in [4.78, 5) is 39.5. The number of rotatable bonds is 10. The molecule has 0 radical (unpaired) electrons. The molecule has 0 saturated heterocycles. The summed E-state index contributed by atoms with van der Waals surface area (Å²) in [7, 11) is 0. The van der Waals surface area contributed by atoms with Crippen LogP contribution in [0.3, 0.4) is 0 Å². The Morgan fingerprint density at radius 3 is 2.26 bits per heavy atom. The van der Waals surface area contributed by atoms with Crippen molar-refractivity contribution < 1.29 is 32.0 Å². The highest BCUT2D eigenvalue weighted by molar-refractivity contribution is 8.00. The molecule has 0 bridgehead atoms. The second-order valence-electron chi connectivity index (χ2n) is 8.96. The first-order valence-electron chi connectivity index (χ1n) is 12.8. The van der Waals surface area contributed by atoms with E-state index in [4.69, 9.17) is 4.42 Å². The van der Waals surface area contributed by atoms with Crippen molar-refractivity contribution in [2.75, 3.05) is 10.6 Å². The second-order valence-corrected chi connectivity index (χ2v) is 10.2. The summed E-state index contributed by atoms with van der Waals surface area (Å²) in [6.07, 6.45) is -1.29. The average Bonchev–Trinajstić information content (AvgIpc) is 3.49. The molecule has 3 N–H and O–H groups in total. The van der Waals surface area contributed by atoms with Crippen molar-refractivity contribution in [3.8, 4) is 0 Å². The topological polar surface area (TPSA) is 100 Å². The number of benzene rings is 3. The Hall–Kier alpha value is -4.77. The molecule has 4 aromatic rings. The number of hydrogen-bond donors (Lipinski definition) is 3. The molecule has 3 aromatic carbocycles. The van der Waals surface area contributed by atoms with Gasteiger partial charge in [0.15, 0.2) is 0 Å². The molecule has 0 aliphatic heterocycles. The van der Waals surface area contributed by atoms with Gasteiger partial charge in [0, 0.05) is 27.9 Å². The van der Waals surface area contributed by atoms with E-state index in [0.717, 1.165) is 12.1 Å². The van der Waals surface area contributed by atoms with E-state index in [2.05, 4.69) is 16.0 Å². The van der Waals surface area contributed by atoms with Crippen LogP contribution >= 0.6 is 11.8 Å². The van der Waals surface area contributed by atoms with E-state index in [1.807, 2.05) is 0 Å². The number of amides is 3. The number of anilines is 2. The number of halogens is 3. The lowest BCUT2D eigenvalue weighted by atomic mass is 10.2. The number of carbonyl (C=O) groups is 3. The highest BCUT2D eigenvalue weighted by Crippen LogP contribution is 2.32. The molecule has 42 heavy (non-hydrogen) atoms. The molecule has 0 fully saturated rings. The Kier molecular flexibility index (Phi) is 9.87. The Bertz CT molecular complexity index is 1570. The molecular weight excluding hydrogens is 567 g/mol. The molecule has 0 aliphatic rings. The normalized spacial score (nSPS) is 12.3. The minimum absolute atomic E-state index is 0.0447. The minimum Gasteiger partial charge on any atom is -0.465 e. The SMILES string of the molecule is CCC(Sc1cccc(NC(=O)/C(=C/c2ccco2)NC(=O)c2ccccc2)c1)C(=O)Nc1cccc(C(F)(F)F)c1. The van der Waals surface area contributed by atoms with Crippen LogP contribution in [0.25, 0.3) is 6.08 Å². The van der Waals surface area contributed by atoms with Crippen LogP contribution in [0.2, 0.25) is 0 Å². The summed E-state index contributed by atoms with van der Waals surface area (Å²) in [6, 6.07) is 22.9. The maximum Gasteiger partial charge on any atom is 0.416 e. The summed E-state index contributed by atoms with van der Waals surface area (Å²) in [5, 5.41) is 7.30. The van der Waals surface area contributed by atoms with E-state index >= 15 is 0 Å². The van der Waals surface area contributed by atoms with Gasteiger partial charge >= 0.3 is 6.18 Å². The lowest BCUT2D eigenvalue weighted by Crippen LogP contribution is -2.30. The largest absolute Gasteiger partial charge is 0.465 e. The van der Waals surface area contributed by atoms with Crippen molar-refractivity contribution in [1.29, 1.82) is 0 Å². The summed E-state index contributed by atoms with van der Waals surface area (Å²) < 4.78 is 44.5. The number of alkyl halides is 3. The van der Waals surface area contributed by atoms with Crippen molar-refractivity contribution in [2.45, 2.75) is 29.7 Å². The maximum atomic E-state index is 13.2. The van der Waals surface area contributed by atoms with Crippen LogP contribution in [0.4, 0.5) is 24.5 Å². The molecule has 4 rings (SSSR count). The van der Waals surface area contributed by atoms with E-state index in [1.165, 1.54) is 36.2 Å². The van der Waals surface area contributed by atoms with Crippen LogP contribution in [0.15, 0.2) is 112 Å². The standard InChI is InChI=1S/C31H26F3N3O4S/c1-2-27(30(40)36-22-12-6-11-21(17-22)31(32,33)34)42-25-15-7-13-23(18-25)35-29(39)26(19-24-14-8-16-41-24)37-28(38)20-9-4-3-5-10-20/h3-19,27H,2H2,1H3,(H,35,39)(H,36,40)(H,37,38)/b26-19-. The van der Waals surface area contributed by atoms with Gasteiger partial charge in [0.1, 0.15) is 11.5 Å². The highest BCUT2D eigenvalue weighted by Gasteiger charge is 2.30. The fraction of sp³-hybridized carbons (Fsp3) is 0.129. The van der Waals surface area contributed by atoms with E-state index in [9.17, 15) is 27.6 Å². The predicted molar refractivity (Wildman–Crippen MR) is 156 cm³/mol. The van der Waals surface area contributed by atoms with Gasteiger partial charge in [0.2, 0.25) is 5.91 Å². The van der Waals surface area contributed by atoms with Crippen LogP contribution in [0, 0.1) is 0 Å². The maximum absolute atomic E-state index is 13.2. The van der Waals surface area contributed by atoms with E-state index < -0.39 is 34.7 Å². The Balaban J connectivity index is 1.46. The number of thioether (sulfide) groups is 1. The predicted octanol–water partition coefficient (Wildman–Crippen LogP) is 7.22. The third-order valence-electron chi connectivity index (χ3n) is 5.85. The van der Waals surface area contributed by atoms with Gasteiger partial charge in [-0.3, -0.25) is 14.4 Å². The monoisotopic (exact) mass is 593 g/mol. The van der Waals surface area contributed by atoms with Gasteiger partial charge in [-0.2, -0.15) is 13.2 Å². The molecule has 1 atom stereocenters. The van der Waals surface area contributed by atoms with Crippen molar-refractivity contribution in [1.82, 2.24) is 5.32 Å². The van der Waals surface area contributed by atoms with Crippen molar-refractivity contribution >= 4 is 46.9 Å². The third-order valence-corrected chi connectivity index (χ3v) is 7.21. The smallest absolute Gasteiger partial charge is 0.416 e. The second kappa shape index (κ2) is 13.7. The highest BCUT2D eigenvalue weighted by atomic mass is 32.2. The minimum atomic E-state index is -4.53. The number of nitrogens with one attached hydrogen (secondary N) is 3. The molecule has 3 amide bonds. The molecule has 0 aliphatic carbocycles. The molecule has 7 nitrogen and oxygen atoms in total. The van der Waals surface area contributed by atoms with Crippen LogP contribution < -0.4 is 16.0 Å². The average molecular weight is 594 g/mol. The fourth-order valence-corrected chi connectivity index (χ4v) is 4.80. The van der Waals surface area contributed by atoms with Gasteiger partial charge in [-0.15, -0.1) is 11.8 Å². The number of hydrogen-bond acceptors (Lipinski definition) is 5. The molecule has 1 aromatic heterocycles. The van der Waals surface area contributed by atoms with E-state index in [1.54, 1.807) is 73.7 Å². The number of carbonyl (C=O) groups excluding carboxylic acids is 3. The summed E-state index contributed by atoms with van der Waals surface area (Å²) in [6.45, 7) is 1.79. The van der Waals surface area contributed by atoms with Crippen molar-refractivity contribution in [3.05, 3.63) is 120 Å². The molecular formula is C31H26F3N3O4S. The molecule has 1 unspecified atom stereocenters. The van der Waals surface area contributed by atoms with E-state index in [0.29, 0.717) is 28.3 Å². The van der Waals surface area contributed by atoms with Gasteiger partial charge in [0.05, 0.1) is 17.1 Å². The zero-order valence-corrected chi connectivity index (χ0v) is 23.1. The lowest BCUT2D eigenvalue weighted by molar-refractivity contribution is -0.137. The van der Waals surface area contributed by atoms with Gasteiger partial charge in [0.25, 0.3) is 11.8 Å². The van der Waals surface area contributed by atoms with Crippen LogP contribution in [-0.4, -0.2) is 23.0 Å². The first-order chi connectivity index (χ1) is 20.1. The molecule has 0 saturated carbocycles. The summed E-state index contributed by atoms with van der Waals surface area (Å²) >= 11 is 1.20. The van der Waals surface area contributed by atoms with Gasteiger partial charge in [-0.05, 0) is 67.1 Å². The van der Waals surface area contributed by atoms with Gasteiger partial charge in [-0.1, -0.05) is 37.3 Å². The molecule has 216 valence electrons. The van der Waals surface area contributed by atoms with Crippen molar-refractivity contribution in [3.63, 3.8) is 0 Å². The van der Waals surface area contributed by atoms with E-state index in [-0.39, 0.29) is 11.4 Å². The van der Waals surface area contributed by atoms with Crippen LogP contribution in [0.5, 0.6) is 0 Å². The fourth-order valence-electron chi connectivity index (χ4n) is 3.79. The first-order valence-corrected chi connectivity index (χ1v) is 13.7. The molecule has 0 spiro atoms. The Labute approximate surface area is 244 Å². The lowest BCUT2D eigenvalue weighted by Gasteiger charge is -2.16. The zero-order valence-electron chi connectivity index (χ0n) is 22.3. The third kappa shape index (κ3) is 8.37. The van der Waals surface area contributed by atoms with Gasteiger partial charge in [-0.25, -0.2) is 0 Å². The molecule has 1 heterocycles. The van der Waals surface area contributed by atoms with Gasteiger partial charge < -0.3 is 20.4 Å². The summed E-state index contributed by atoms with van der Waals surface area (Å²) in [5.74, 6) is -1.18. The Morgan fingerprint density at radius 1 is 0.881 bits per heavy atom. The number of furan rings is 1. The van der Waals surface area contributed by atoms with Crippen LogP contribution in [0.1, 0.15) is 35.0 Å². The Morgan fingerprint density at radius 2 is 1.60 bits per heavy atom. The summed E-state index contributed by atoms with van der Waals surface area (Å²) in [5.41, 5.74) is -0.0996. The van der Waals surface area contributed by atoms with Crippen LogP contribution in [-0.2, 0) is 15.8 Å². The zero-order chi connectivity index (χ0) is 30.1. The first kappa shape index (κ1) is 30.2. The van der Waals surface area contributed by atoms with Crippen molar-refractivity contribution in [2.24, 2.45) is 0 Å². The quantitative estimate of drug-likeness (QED) is 0.133.